The normalized spacial score (nSPS) is 25.6. The Hall–Kier alpha value is -1.85. The fraction of sp³-hybridized carbons (Fsp3) is 0.667. The second kappa shape index (κ2) is 5.87. The number of carbonyl (C=O) groups excluding carboxylic acids is 1. The molecule has 2 atom stereocenters. The second-order valence-corrected chi connectivity index (χ2v) is 5.95. The largest absolute Gasteiger partial charge is 0.479 e. The molecule has 1 amide bonds. The van der Waals surface area contributed by atoms with Gasteiger partial charge in [0.2, 0.25) is 5.91 Å². The lowest BCUT2D eigenvalue weighted by Gasteiger charge is -2.39. The number of aliphatic carboxylic acids is 1. The predicted octanol–water partition coefficient (Wildman–Crippen LogP) is 1.98. The Kier molecular flexibility index (Phi) is 4.34. The van der Waals surface area contributed by atoms with Crippen LogP contribution in [0.1, 0.15) is 49.6 Å². The Morgan fingerprint density at radius 1 is 1.43 bits per heavy atom. The minimum atomic E-state index is -1.14. The standard InChI is InChI=1S/C15H22N2O4/c1-9-6-4-5-7-15(9,14(19)20)16-13(18)8-12-10(2)17-21-11(12)3/h9H,4-8H2,1-3H3,(H,16,18)(H,19,20). The highest BCUT2D eigenvalue weighted by Gasteiger charge is 2.46. The maximum Gasteiger partial charge on any atom is 0.329 e. The van der Waals surface area contributed by atoms with Crippen molar-refractivity contribution in [2.45, 2.75) is 58.4 Å². The Balaban J connectivity index is 2.14. The minimum Gasteiger partial charge on any atom is -0.479 e. The summed E-state index contributed by atoms with van der Waals surface area (Å²) in [6.45, 7) is 5.41. The van der Waals surface area contributed by atoms with Crippen LogP contribution in [-0.2, 0) is 16.0 Å². The molecular formula is C15H22N2O4. The van der Waals surface area contributed by atoms with Gasteiger partial charge in [-0.15, -0.1) is 0 Å². The highest BCUT2D eigenvalue weighted by molar-refractivity contribution is 5.88. The van der Waals surface area contributed by atoms with E-state index in [4.69, 9.17) is 4.52 Å². The van der Waals surface area contributed by atoms with Crippen molar-refractivity contribution >= 4 is 11.9 Å². The van der Waals surface area contributed by atoms with Gasteiger partial charge in [0.1, 0.15) is 11.3 Å². The van der Waals surface area contributed by atoms with Gasteiger partial charge in [-0.3, -0.25) is 4.79 Å². The van der Waals surface area contributed by atoms with E-state index in [0.29, 0.717) is 17.9 Å². The molecule has 21 heavy (non-hydrogen) atoms. The number of rotatable bonds is 4. The molecule has 1 aromatic rings. The smallest absolute Gasteiger partial charge is 0.329 e. The van der Waals surface area contributed by atoms with Crippen LogP contribution in [0.2, 0.25) is 0 Å². The highest BCUT2D eigenvalue weighted by atomic mass is 16.5. The second-order valence-electron chi connectivity index (χ2n) is 5.95. The van der Waals surface area contributed by atoms with Crippen LogP contribution in [0.5, 0.6) is 0 Å². The molecule has 2 unspecified atom stereocenters. The lowest BCUT2D eigenvalue weighted by atomic mass is 9.73. The number of aromatic nitrogens is 1. The van der Waals surface area contributed by atoms with Gasteiger partial charge in [-0.25, -0.2) is 4.79 Å². The first-order valence-electron chi connectivity index (χ1n) is 7.33. The molecule has 6 heteroatoms. The molecule has 116 valence electrons. The van der Waals surface area contributed by atoms with Crippen molar-refractivity contribution in [3.8, 4) is 0 Å². The van der Waals surface area contributed by atoms with E-state index in [2.05, 4.69) is 10.5 Å². The van der Waals surface area contributed by atoms with Gasteiger partial charge in [0.25, 0.3) is 0 Å². The van der Waals surface area contributed by atoms with Crippen LogP contribution in [0.3, 0.4) is 0 Å². The summed E-state index contributed by atoms with van der Waals surface area (Å²) < 4.78 is 5.03. The summed E-state index contributed by atoms with van der Waals surface area (Å²) in [4.78, 5) is 24.0. The van der Waals surface area contributed by atoms with Crippen molar-refractivity contribution in [1.82, 2.24) is 10.5 Å². The summed E-state index contributed by atoms with van der Waals surface area (Å²) in [5.74, 6) is -0.705. The van der Waals surface area contributed by atoms with Crippen LogP contribution in [0.4, 0.5) is 0 Å². The highest BCUT2D eigenvalue weighted by Crippen LogP contribution is 2.34. The molecule has 1 fully saturated rings. The minimum absolute atomic E-state index is 0.0719. The first kappa shape index (κ1) is 15.5. The molecule has 0 aromatic carbocycles. The number of amides is 1. The van der Waals surface area contributed by atoms with E-state index in [1.807, 2.05) is 6.92 Å². The topological polar surface area (TPSA) is 92.4 Å². The van der Waals surface area contributed by atoms with Crippen molar-refractivity contribution < 1.29 is 19.2 Å². The molecule has 0 radical (unpaired) electrons. The number of carbonyl (C=O) groups is 2. The maximum atomic E-state index is 12.3. The van der Waals surface area contributed by atoms with E-state index >= 15 is 0 Å². The monoisotopic (exact) mass is 294 g/mol. The first-order valence-corrected chi connectivity index (χ1v) is 7.33. The van der Waals surface area contributed by atoms with Crippen molar-refractivity contribution in [3.05, 3.63) is 17.0 Å². The van der Waals surface area contributed by atoms with Crippen molar-refractivity contribution in [2.75, 3.05) is 0 Å². The fourth-order valence-electron chi connectivity index (χ4n) is 3.11. The van der Waals surface area contributed by atoms with E-state index in [1.54, 1.807) is 13.8 Å². The quantitative estimate of drug-likeness (QED) is 0.885. The summed E-state index contributed by atoms with van der Waals surface area (Å²) in [6.07, 6.45) is 3.23. The van der Waals surface area contributed by atoms with E-state index in [1.165, 1.54) is 0 Å². The molecular weight excluding hydrogens is 272 g/mol. The van der Waals surface area contributed by atoms with Crippen LogP contribution in [0.15, 0.2) is 4.52 Å². The number of hydrogen-bond acceptors (Lipinski definition) is 4. The van der Waals surface area contributed by atoms with Gasteiger partial charge in [-0.1, -0.05) is 24.9 Å². The lowest BCUT2D eigenvalue weighted by Crippen LogP contribution is -2.60. The Morgan fingerprint density at radius 2 is 2.14 bits per heavy atom. The molecule has 0 aliphatic heterocycles. The van der Waals surface area contributed by atoms with E-state index < -0.39 is 11.5 Å². The third-order valence-corrected chi connectivity index (χ3v) is 4.56. The van der Waals surface area contributed by atoms with Crippen molar-refractivity contribution in [1.29, 1.82) is 0 Å². The van der Waals surface area contributed by atoms with Crippen LogP contribution >= 0.6 is 0 Å². The number of nitrogens with zero attached hydrogens (tertiary/aromatic N) is 1. The summed E-state index contributed by atoms with van der Waals surface area (Å²) in [5.41, 5.74) is 0.258. The SMILES string of the molecule is Cc1noc(C)c1CC(=O)NC1(C(=O)O)CCCCC1C. The van der Waals surface area contributed by atoms with Crippen LogP contribution < -0.4 is 5.32 Å². The zero-order chi connectivity index (χ0) is 15.6. The molecule has 6 nitrogen and oxygen atoms in total. The Labute approximate surface area is 123 Å². The summed E-state index contributed by atoms with van der Waals surface area (Å²) >= 11 is 0. The zero-order valence-corrected chi connectivity index (χ0v) is 12.7. The zero-order valence-electron chi connectivity index (χ0n) is 12.7. The molecule has 1 aromatic heterocycles. The Morgan fingerprint density at radius 3 is 2.67 bits per heavy atom. The predicted molar refractivity (Wildman–Crippen MR) is 75.8 cm³/mol. The van der Waals surface area contributed by atoms with Gasteiger partial charge in [0.15, 0.2) is 0 Å². The van der Waals surface area contributed by atoms with Crippen LogP contribution in [0.25, 0.3) is 0 Å². The van der Waals surface area contributed by atoms with Crippen molar-refractivity contribution in [2.24, 2.45) is 5.92 Å². The molecule has 0 spiro atoms. The molecule has 0 bridgehead atoms. The summed E-state index contributed by atoms with van der Waals surface area (Å²) in [7, 11) is 0. The van der Waals surface area contributed by atoms with Gasteiger partial charge in [-0.05, 0) is 32.6 Å². The van der Waals surface area contributed by atoms with E-state index in [9.17, 15) is 14.7 Å². The molecule has 0 saturated heterocycles. The molecule has 1 heterocycles. The van der Waals surface area contributed by atoms with Crippen molar-refractivity contribution in [3.63, 3.8) is 0 Å². The molecule has 1 aliphatic carbocycles. The van der Waals surface area contributed by atoms with Crippen LogP contribution in [0, 0.1) is 19.8 Å². The lowest BCUT2D eigenvalue weighted by molar-refractivity contribution is -0.151. The Bertz CT molecular complexity index is 532. The average Bonchev–Trinajstić information content (AvgIpc) is 2.73. The van der Waals surface area contributed by atoms with E-state index in [0.717, 1.165) is 24.8 Å². The number of carboxylic acid groups (broad SMARTS) is 1. The number of nitrogens with one attached hydrogen (secondary N) is 1. The number of hydrogen-bond donors (Lipinski definition) is 2. The van der Waals surface area contributed by atoms with Crippen LogP contribution in [-0.4, -0.2) is 27.7 Å². The number of carboxylic acids is 1. The fourth-order valence-corrected chi connectivity index (χ4v) is 3.11. The third kappa shape index (κ3) is 2.94. The van der Waals surface area contributed by atoms with E-state index in [-0.39, 0.29) is 18.2 Å². The summed E-state index contributed by atoms with van der Waals surface area (Å²) in [5, 5.41) is 16.2. The molecule has 2 N–H and O–H groups in total. The van der Waals surface area contributed by atoms with Gasteiger partial charge in [0, 0.05) is 5.56 Å². The number of aryl methyl sites for hydroxylation is 2. The van der Waals surface area contributed by atoms with Gasteiger partial charge >= 0.3 is 5.97 Å². The van der Waals surface area contributed by atoms with Gasteiger partial charge in [-0.2, -0.15) is 0 Å². The van der Waals surface area contributed by atoms with Gasteiger partial charge in [0.05, 0.1) is 12.1 Å². The first-order chi connectivity index (χ1) is 9.86. The third-order valence-electron chi connectivity index (χ3n) is 4.56. The average molecular weight is 294 g/mol. The van der Waals surface area contributed by atoms with Gasteiger partial charge < -0.3 is 14.9 Å². The molecule has 1 aliphatic rings. The molecule has 1 saturated carbocycles. The molecule has 2 rings (SSSR count). The maximum absolute atomic E-state index is 12.3. The summed E-state index contributed by atoms with van der Waals surface area (Å²) in [6, 6.07) is 0.